The Morgan fingerprint density at radius 2 is 1.82 bits per heavy atom. The largest absolute Gasteiger partial charge is 0.338 e. The van der Waals surface area contributed by atoms with Crippen molar-refractivity contribution in [3.8, 4) is 0 Å². The van der Waals surface area contributed by atoms with Gasteiger partial charge in [0.25, 0.3) is 11.8 Å². The molecule has 1 N–H and O–H groups in total. The molecule has 2 unspecified atom stereocenters. The van der Waals surface area contributed by atoms with Gasteiger partial charge in [-0.2, -0.15) is 0 Å². The number of piperidine rings is 1. The normalized spacial score (nSPS) is 23.3. The minimum Gasteiger partial charge on any atom is -0.338 e. The number of rotatable bonds is 2. The Labute approximate surface area is 170 Å². The molecule has 0 radical (unpaired) electrons. The van der Waals surface area contributed by atoms with Crippen LogP contribution in [0.4, 0.5) is 5.69 Å². The molecular weight excluding hydrogens is 368 g/mol. The van der Waals surface area contributed by atoms with Crippen molar-refractivity contribution in [2.24, 2.45) is 11.8 Å². The number of likely N-dealkylation sites (tertiary alicyclic amines) is 1. The van der Waals surface area contributed by atoms with Gasteiger partial charge in [-0.3, -0.25) is 9.59 Å². The number of carbonyl (C=O) groups is 2. The number of amides is 2. The molecule has 1 saturated heterocycles. The molecule has 2 aromatic rings. The lowest BCUT2D eigenvalue weighted by atomic mass is 9.91. The van der Waals surface area contributed by atoms with Crippen LogP contribution in [0.15, 0.2) is 58.3 Å². The Bertz CT molecular complexity index is 929. The summed E-state index contributed by atoms with van der Waals surface area (Å²) in [6.07, 6.45) is 3.05. The molecule has 1 fully saturated rings. The molecule has 28 heavy (non-hydrogen) atoms. The minimum atomic E-state index is -0.133. The van der Waals surface area contributed by atoms with Gasteiger partial charge in [-0.1, -0.05) is 55.9 Å². The second-order valence-corrected chi connectivity index (χ2v) is 8.93. The van der Waals surface area contributed by atoms with Gasteiger partial charge in [0, 0.05) is 23.5 Å². The summed E-state index contributed by atoms with van der Waals surface area (Å²) in [6, 6.07) is 15.4. The first-order chi connectivity index (χ1) is 13.5. The fourth-order valence-electron chi connectivity index (χ4n) is 4.01. The first-order valence-electron chi connectivity index (χ1n) is 9.69. The molecule has 2 amide bonds. The Morgan fingerprint density at radius 1 is 1.11 bits per heavy atom. The number of nitrogens with one attached hydrogen (secondary N) is 1. The summed E-state index contributed by atoms with van der Waals surface area (Å²) < 4.78 is 0. The standard InChI is InChI=1S/C23H24N2O2S/c1-15-10-16(2)14-25(13-15)23(27)18-8-9-20-19(12-18)24-22(26)21(28-20)11-17-6-4-3-5-7-17/h3-9,11-12,15-16H,10,13-14H2,1-2H3,(H,24,26). The van der Waals surface area contributed by atoms with Crippen LogP contribution in [0.1, 0.15) is 36.2 Å². The molecule has 2 aliphatic heterocycles. The van der Waals surface area contributed by atoms with E-state index in [1.807, 2.05) is 59.5 Å². The summed E-state index contributed by atoms with van der Waals surface area (Å²) in [4.78, 5) is 29.0. The molecule has 0 aromatic heterocycles. The van der Waals surface area contributed by atoms with E-state index < -0.39 is 0 Å². The smallest absolute Gasteiger partial charge is 0.262 e. The van der Waals surface area contributed by atoms with Crippen LogP contribution < -0.4 is 5.32 Å². The fourth-order valence-corrected chi connectivity index (χ4v) is 4.94. The summed E-state index contributed by atoms with van der Waals surface area (Å²) in [5.41, 5.74) is 2.34. The van der Waals surface area contributed by atoms with Crippen molar-refractivity contribution in [2.75, 3.05) is 18.4 Å². The van der Waals surface area contributed by atoms with E-state index in [1.165, 1.54) is 11.8 Å². The Balaban J connectivity index is 1.55. The van der Waals surface area contributed by atoms with E-state index in [0.29, 0.717) is 28.0 Å². The second-order valence-electron chi connectivity index (χ2n) is 7.84. The van der Waals surface area contributed by atoms with Crippen molar-refractivity contribution in [3.05, 3.63) is 64.6 Å². The zero-order valence-electron chi connectivity index (χ0n) is 16.1. The van der Waals surface area contributed by atoms with Crippen LogP contribution in [0.3, 0.4) is 0 Å². The van der Waals surface area contributed by atoms with Gasteiger partial charge in [0.15, 0.2) is 0 Å². The summed E-state index contributed by atoms with van der Waals surface area (Å²) in [6.45, 7) is 5.98. The highest BCUT2D eigenvalue weighted by Gasteiger charge is 2.28. The number of benzene rings is 2. The molecule has 2 atom stereocenters. The van der Waals surface area contributed by atoms with Crippen LogP contribution >= 0.6 is 11.8 Å². The lowest BCUT2D eigenvalue weighted by Gasteiger charge is -2.35. The van der Waals surface area contributed by atoms with Crippen molar-refractivity contribution in [2.45, 2.75) is 25.2 Å². The average Bonchev–Trinajstić information content (AvgIpc) is 2.68. The van der Waals surface area contributed by atoms with Gasteiger partial charge in [-0.25, -0.2) is 0 Å². The maximum absolute atomic E-state index is 13.0. The molecule has 144 valence electrons. The summed E-state index contributed by atoms with van der Waals surface area (Å²) >= 11 is 1.44. The van der Waals surface area contributed by atoms with Gasteiger partial charge in [-0.05, 0) is 48.1 Å². The topological polar surface area (TPSA) is 49.4 Å². The van der Waals surface area contributed by atoms with Gasteiger partial charge < -0.3 is 10.2 Å². The number of fused-ring (bicyclic) bond motifs is 1. The maximum atomic E-state index is 13.0. The lowest BCUT2D eigenvalue weighted by Crippen LogP contribution is -2.42. The van der Waals surface area contributed by atoms with Crippen molar-refractivity contribution in [3.63, 3.8) is 0 Å². The Morgan fingerprint density at radius 3 is 2.54 bits per heavy atom. The third-order valence-corrected chi connectivity index (χ3v) is 6.27. The zero-order chi connectivity index (χ0) is 19.7. The predicted molar refractivity (Wildman–Crippen MR) is 114 cm³/mol. The summed E-state index contributed by atoms with van der Waals surface area (Å²) in [5.74, 6) is 0.953. The minimum absolute atomic E-state index is 0.0473. The maximum Gasteiger partial charge on any atom is 0.262 e. The van der Waals surface area contributed by atoms with Crippen LogP contribution in [-0.2, 0) is 4.79 Å². The molecule has 4 nitrogen and oxygen atoms in total. The average molecular weight is 393 g/mol. The quantitative estimate of drug-likeness (QED) is 0.740. The molecule has 2 aliphatic rings. The van der Waals surface area contributed by atoms with Gasteiger partial charge in [0.1, 0.15) is 0 Å². The van der Waals surface area contributed by atoms with E-state index in [-0.39, 0.29) is 11.8 Å². The monoisotopic (exact) mass is 392 g/mol. The molecule has 5 heteroatoms. The number of hydrogen-bond donors (Lipinski definition) is 1. The molecule has 0 bridgehead atoms. The number of anilines is 1. The highest BCUT2D eigenvalue weighted by molar-refractivity contribution is 8.04. The van der Waals surface area contributed by atoms with Crippen LogP contribution in [0.5, 0.6) is 0 Å². The van der Waals surface area contributed by atoms with E-state index in [4.69, 9.17) is 0 Å². The van der Waals surface area contributed by atoms with Crippen LogP contribution in [0.25, 0.3) is 6.08 Å². The van der Waals surface area contributed by atoms with Gasteiger partial charge >= 0.3 is 0 Å². The van der Waals surface area contributed by atoms with E-state index >= 15 is 0 Å². The van der Waals surface area contributed by atoms with Crippen LogP contribution in [-0.4, -0.2) is 29.8 Å². The van der Waals surface area contributed by atoms with E-state index in [9.17, 15) is 9.59 Å². The third-order valence-electron chi connectivity index (χ3n) is 5.17. The highest BCUT2D eigenvalue weighted by atomic mass is 32.2. The van der Waals surface area contributed by atoms with Gasteiger partial charge in [0.05, 0.1) is 10.6 Å². The highest BCUT2D eigenvalue weighted by Crippen LogP contribution is 2.39. The number of hydrogen-bond acceptors (Lipinski definition) is 3. The van der Waals surface area contributed by atoms with E-state index in [0.717, 1.165) is 30.0 Å². The molecular formula is C23H24N2O2S. The molecule has 2 aromatic carbocycles. The van der Waals surface area contributed by atoms with E-state index in [2.05, 4.69) is 19.2 Å². The second kappa shape index (κ2) is 7.84. The Kier molecular flexibility index (Phi) is 5.27. The zero-order valence-corrected chi connectivity index (χ0v) is 17.0. The third kappa shape index (κ3) is 3.99. The van der Waals surface area contributed by atoms with Crippen molar-refractivity contribution in [1.29, 1.82) is 0 Å². The lowest BCUT2D eigenvalue weighted by molar-refractivity contribution is -0.112. The predicted octanol–water partition coefficient (Wildman–Crippen LogP) is 4.89. The number of thioether (sulfide) groups is 1. The SMILES string of the molecule is CC1CC(C)CN(C(=O)c2ccc3c(c2)NC(=O)C(=Cc2ccccc2)S3)C1. The van der Waals surface area contributed by atoms with Crippen LogP contribution in [0.2, 0.25) is 0 Å². The van der Waals surface area contributed by atoms with Crippen molar-refractivity contribution in [1.82, 2.24) is 4.90 Å². The first kappa shape index (κ1) is 18.8. The molecule has 0 aliphatic carbocycles. The van der Waals surface area contributed by atoms with Gasteiger partial charge in [-0.15, -0.1) is 0 Å². The molecule has 0 saturated carbocycles. The van der Waals surface area contributed by atoms with Crippen molar-refractivity contribution >= 4 is 35.3 Å². The first-order valence-corrected chi connectivity index (χ1v) is 10.5. The van der Waals surface area contributed by atoms with Gasteiger partial charge in [0.2, 0.25) is 0 Å². The molecule has 0 spiro atoms. The fraction of sp³-hybridized carbons (Fsp3) is 0.304. The summed E-state index contributed by atoms with van der Waals surface area (Å²) in [5, 5.41) is 2.95. The molecule has 4 rings (SSSR count). The van der Waals surface area contributed by atoms with E-state index in [1.54, 1.807) is 0 Å². The molecule has 2 heterocycles. The van der Waals surface area contributed by atoms with Crippen molar-refractivity contribution < 1.29 is 9.59 Å². The number of carbonyl (C=O) groups excluding carboxylic acids is 2. The Hall–Kier alpha value is -2.53. The number of nitrogens with zero attached hydrogens (tertiary/aromatic N) is 1. The summed E-state index contributed by atoms with van der Waals surface area (Å²) in [7, 11) is 0. The van der Waals surface area contributed by atoms with Crippen LogP contribution in [0, 0.1) is 11.8 Å².